The zero-order chi connectivity index (χ0) is 19.5. The van der Waals surface area contributed by atoms with Crippen LogP contribution < -0.4 is 10.2 Å². The predicted molar refractivity (Wildman–Crippen MR) is 118 cm³/mol. The molecule has 4 aliphatic rings. The Labute approximate surface area is 172 Å². The molecule has 4 atom stereocenters. The van der Waals surface area contributed by atoms with Crippen LogP contribution in [0.1, 0.15) is 51.7 Å². The van der Waals surface area contributed by atoms with Gasteiger partial charge in [-0.25, -0.2) is 0 Å². The molecule has 3 heteroatoms. The summed E-state index contributed by atoms with van der Waals surface area (Å²) in [7, 11) is 0. The van der Waals surface area contributed by atoms with Gasteiger partial charge in [-0.05, 0) is 66.5 Å². The molecule has 2 aromatic rings. The van der Waals surface area contributed by atoms with E-state index in [1.165, 1.54) is 29.7 Å². The molecule has 2 aliphatic carbocycles. The molecule has 0 bridgehead atoms. The summed E-state index contributed by atoms with van der Waals surface area (Å²) >= 11 is 0. The van der Waals surface area contributed by atoms with Crippen LogP contribution in [0, 0.1) is 18.8 Å². The number of hydrogen-bond acceptors (Lipinski definition) is 2. The maximum absolute atomic E-state index is 13.0. The van der Waals surface area contributed by atoms with Gasteiger partial charge in [0.25, 0.3) is 5.91 Å². The van der Waals surface area contributed by atoms with Crippen molar-refractivity contribution in [3.63, 3.8) is 0 Å². The van der Waals surface area contributed by atoms with Crippen molar-refractivity contribution in [3.05, 3.63) is 83.0 Å². The van der Waals surface area contributed by atoms with Gasteiger partial charge in [0, 0.05) is 41.9 Å². The molecule has 0 fully saturated rings. The molecule has 4 unspecified atom stereocenters. The van der Waals surface area contributed by atoms with Crippen molar-refractivity contribution in [2.75, 3.05) is 23.3 Å². The minimum atomic E-state index is -0.0178. The first kappa shape index (κ1) is 17.1. The Kier molecular flexibility index (Phi) is 3.74. The monoisotopic (exact) mass is 382 g/mol. The number of nitrogens with zero attached hydrogens (tertiary/aromatic N) is 1. The largest absolute Gasteiger partial charge is 0.370 e. The molecule has 2 aromatic carbocycles. The Morgan fingerprint density at radius 3 is 2.21 bits per heavy atom. The van der Waals surface area contributed by atoms with Gasteiger partial charge < -0.3 is 10.2 Å². The zero-order valence-corrected chi connectivity index (χ0v) is 16.8. The van der Waals surface area contributed by atoms with Gasteiger partial charge in [-0.3, -0.25) is 4.79 Å². The lowest BCUT2D eigenvalue weighted by Gasteiger charge is -2.46. The topological polar surface area (TPSA) is 32.3 Å². The van der Waals surface area contributed by atoms with Crippen LogP contribution >= 0.6 is 0 Å². The molecule has 0 aromatic heterocycles. The number of aryl methyl sites for hydroxylation is 1. The lowest BCUT2D eigenvalue weighted by molar-refractivity contribution is 0.102. The molecule has 6 rings (SSSR count). The lowest BCUT2D eigenvalue weighted by atomic mass is 9.75. The molecule has 3 nitrogen and oxygen atoms in total. The molecule has 29 heavy (non-hydrogen) atoms. The number of amides is 1. The smallest absolute Gasteiger partial charge is 0.255 e. The Bertz CT molecular complexity index is 1020. The highest BCUT2D eigenvalue weighted by atomic mass is 16.1. The number of anilines is 2. The maximum Gasteiger partial charge on any atom is 0.255 e. The lowest BCUT2D eigenvalue weighted by Crippen LogP contribution is -2.43. The van der Waals surface area contributed by atoms with Gasteiger partial charge in [-0.1, -0.05) is 42.5 Å². The number of fused-ring (bicyclic) bond motifs is 4. The van der Waals surface area contributed by atoms with Crippen LogP contribution in [0.25, 0.3) is 0 Å². The Hall–Kier alpha value is -2.81. The quantitative estimate of drug-likeness (QED) is 0.705. The zero-order valence-electron chi connectivity index (χ0n) is 16.8. The van der Waals surface area contributed by atoms with Crippen molar-refractivity contribution in [1.29, 1.82) is 0 Å². The normalized spacial score (nSPS) is 28.1. The van der Waals surface area contributed by atoms with Gasteiger partial charge >= 0.3 is 0 Å². The van der Waals surface area contributed by atoms with E-state index in [0.717, 1.165) is 29.9 Å². The van der Waals surface area contributed by atoms with Gasteiger partial charge in [0.15, 0.2) is 0 Å². The fraction of sp³-hybridized carbons (Fsp3) is 0.346. The fourth-order valence-corrected chi connectivity index (χ4v) is 5.97. The molecule has 146 valence electrons. The third kappa shape index (κ3) is 2.60. The minimum absolute atomic E-state index is 0.0178. The fourth-order valence-electron chi connectivity index (χ4n) is 5.97. The van der Waals surface area contributed by atoms with E-state index < -0.39 is 0 Å². The van der Waals surface area contributed by atoms with Crippen molar-refractivity contribution in [2.24, 2.45) is 11.8 Å². The summed E-state index contributed by atoms with van der Waals surface area (Å²) in [5, 5.41) is 3.22. The third-order valence-corrected chi connectivity index (χ3v) is 7.34. The summed E-state index contributed by atoms with van der Waals surface area (Å²) < 4.78 is 0. The van der Waals surface area contributed by atoms with Crippen molar-refractivity contribution in [3.8, 4) is 0 Å². The van der Waals surface area contributed by atoms with E-state index in [0.29, 0.717) is 23.7 Å². The Balaban J connectivity index is 1.45. The van der Waals surface area contributed by atoms with E-state index in [1.807, 2.05) is 31.2 Å². The molecule has 2 heterocycles. The third-order valence-electron chi connectivity index (χ3n) is 7.34. The summed E-state index contributed by atoms with van der Waals surface area (Å²) in [6, 6.07) is 12.3. The molecule has 1 amide bonds. The molecule has 0 saturated heterocycles. The second-order valence-electron chi connectivity index (χ2n) is 9.08. The minimum Gasteiger partial charge on any atom is -0.370 e. The summed E-state index contributed by atoms with van der Waals surface area (Å²) in [6.07, 6.45) is 11.8. The highest BCUT2D eigenvalue weighted by molar-refractivity contribution is 6.05. The van der Waals surface area contributed by atoms with Crippen LogP contribution in [0.4, 0.5) is 11.4 Å². The van der Waals surface area contributed by atoms with Gasteiger partial charge in [0.2, 0.25) is 0 Å². The standard InChI is InChI=1S/C26H26N2O/c1-16-6-2-3-9-20(16)26(29)27-19-12-23-21-10-4-7-17(21)14-28-15-18-8-5-11-22(18)24(13-19)25(23)28/h2-6,9-13,17-18,21-22H,7-8,14-15H2,1H3,(H,27,29). The SMILES string of the molecule is Cc1ccccc1C(=O)Nc1cc2c3c(c1)C1C=CCC1CN3CC1CC=CC21. The molecule has 0 spiro atoms. The molecule has 0 radical (unpaired) electrons. The molecule has 2 aliphatic heterocycles. The summed E-state index contributed by atoms with van der Waals surface area (Å²) in [4.78, 5) is 15.6. The molecule has 0 saturated carbocycles. The first-order valence-electron chi connectivity index (χ1n) is 10.8. The van der Waals surface area contributed by atoms with Crippen molar-refractivity contribution in [1.82, 2.24) is 0 Å². The van der Waals surface area contributed by atoms with Crippen LogP contribution in [0.2, 0.25) is 0 Å². The van der Waals surface area contributed by atoms with E-state index in [4.69, 9.17) is 0 Å². The van der Waals surface area contributed by atoms with Crippen LogP contribution in [-0.2, 0) is 0 Å². The predicted octanol–water partition coefficient (Wildman–Crippen LogP) is 5.40. The number of rotatable bonds is 2. The number of nitrogens with one attached hydrogen (secondary N) is 1. The van der Waals surface area contributed by atoms with Gasteiger partial charge in [0.1, 0.15) is 0 Å². The second-order valence-corrected chi connectivity index (χ2v) is 9.08. The Morgan fingerprint density at radius 1 is 0.966 bits per heavy atom. The second kappa shape index (κ2) is 6.35. The van der Waals surface area contributed by atoms with E-state index in [9.17, 15) is 4.79 Å². The molecular weight excluding hydrogens is 356 g/mol. The van der Waals surface area contributed by atoms with Crippen LogP contribution in [-0.4, -0.2) is 19.0 Å². The van der Waals surface area contributed by atoms with Gasteiger partial charge in [-0.15, -0.1) is 0 Å². The number of carbonyl (C=O) groups excluding carboxylic acids is 1. The first-order chi connectivity index (χ1) is 14.2. The molecular formula is C26H26N2O. The van der Waals surface area contributed by atoms with E-state index in [2.05, 4.69) is 46.7 Å². The van der Waals surface area contributed by atoms with Gasteiger partial charge in [-0.2, -0.15) is 0 Å². The average molecular weight is 383 g/mol. The number of allylic oxidation sites excluding steroid dienone is 4. The van der Waals surface area contributed by atoms with E-state index in [-0.39, 0.29) is 5.91 Å². The van der Waals surface area contributed by atoms with Crippen molar-refractivity contribution < 1.29 is 4.79 Å². The number of benzene rings is 2. The summed E-state index contributed by atoms with van der Waals surface area (Å²) in [5.41, 5.74) is 6.96. The highest BCUT2D eigenvalue weighted by Crippen LogP contribution is 2.53. The van der Waals surface area contributed by atoms with Gasteiger partial charge in [0.05, 0.1) is 0 Å². The van der Waals surface area contributed by atoms with Crippen molar-refractivity contribution in [2.45, 2.75) is 31.6 Å². The van der Waals surface area contributed by atoms with Crippen molar-refractivity contribution >= 4 is 17.3 Å². The Morgan fingerprint density at radius 2 is 1.59 bits per heavy atom. The highest BCUT2D eigenvalue weighted by Gasteiger charge is 2.42. The van der Waals surface area contributed by atoms with E-state index >= 15 is 0 Å². The summed E-state index contributed by atoms with van der Waals surface area (Å²) in [6.45, 7) is 4.32. The molecule has 1 N–H and O–H groups in total. The van der Waals surface area contributed by atoms with Crippen LogP contribution in [0.5, 0.6) is 0 Å². The summed E-state index contributed by atoms with van der Waals surface area (Å²) in [5.74, 6) is 2.29. The van der Waals surface area contributed by atoms with Crippen LogP contribution in [0.15, 0.2) is 60.7 Å². The van der Waals surface area contributed by atoms with Crippen LogP contribution in [0.3, 0.4) is 0 Å². The average Bonchev–Trinajstić information content (AvgIpc) is 3.37. The first-order valence-corrected chi connectivity index (χ1v) is 10.8. The maximum atomic E-state index is 13.0. The number of hydrogen-bond donors (Lipinski definition) is 1. The van der Waals surface area contributed by atoms with E-state index in [1.54, 1.807) is 0 Å². The number of carbonyl (C=O) groups is 1.